The molecule has 7 nitrogen and oxygen atoms in total. The summed E-state index contributed by atoms with van der Waals surface area (Å²) in [5.74, 6) is -0.938. The normalized spacial score (nSPS) is 13.7. The molecule has 1 heterocycles. The summed E-state index contributed by atoms with van der Waals surface area (Å²) in [5.41, 5.74) is 0. The summed E-state index contributed by atoms with van der Waals surface area (Å²) in [6.07, 6.45) is 3.35. The minimum atomic E-state index is -0.383. The maximum Gasteiger partial charge on any atom is 0.253 e. The van der Waals surface area contributed by atoms with Crippen molar-refractivity contribution in [1.82, 2.24) is 14.7 Å². The second-order valence-electron chi connectivity index (χ2n) is 5.23. The van der Waals surface area contributed by atoms with Crippen molar-refractivity contribution in [2.75, 3.05) is 33.2 Å². The average molecular weight is 309 g/mol. The Morgan fingerprint density at radius 1 is 1.09 bits per heavy atom. The number of likely N-dealkylation sites (N-methyl/N-ethyl adjacent to an activating group) is 1. The van der Waals surface area contributed by atoms with E-state index in [0.29, 0.717) is 19.6 Å². The molecule has 0 aliphatic carbocycles. The van der Waals surface area contributed by atoms with Crippen molar-refractivity contribution < 1.29 is 19.2 Å². The second-order valence-corrected chi connectivity index (χ2v) is 5.23. The Kier molecular flexibility index (Phi) is 6.75. The molecule has 0 bridgehead atoms. The molecule has 0 atom stereocenters. The van der Waals surface area contributed by atoms with E-state index in [-0.39, 0.29) is 36.6 Å². The van der Waals surface area contributed by atoms with Crippen LogP contribution in [0.1, 0.15) is 26.7 Å². The fourth-order valence-corrected chi connectivity index (χ4v) is 2.14. The predicted molar refractivity (Wildman–Crippen MR) is 80.7 cm³/mol. The van der Waals surface area contributed by atoms with Crippen LogP contribution < -0.4 is 0 Å². The Labute approximate surface area is 130 Å². The van der Waals surface area contributed by atoms with E-state index in [2.05, 4.69) is 0 Å². The van der Waals surface area contributed by atoms with Gasteiger partial charge in [0.25, 0.3) is 11.8 Å². The maximum atomic E-state index is 12.0. The highest BCUT2D eigenvalue weighted by molar-refractivity contribution is 6.13. The number of hydrogen-bond donors (Lipinski definition) is 0. The predicted octanol–water partition coefficient (Wildman–Crippen LogP) is 0.0184. The zero-order valence-electron chi connectivity index (χ0n) is 13.4. The Bertz CT molecular complexity index is 469. The Morgan fingerprint density at radius 3 is 2.18 bits per heavy atom. The van der Waals surface area contributed by atoms with E-state index in [1.807, 2.05) is 6.92 Å². The molecule has 0 saturated heterocycles. The zero-order chi connectivity index (χ0) is 16.7. The summed E-state index contributed by atoms with van der Waals surface area (Å²) in [7, 11) is 1.65. The Balaban J connectivity index is 2.37. The van der Waals surface area contributed by atoms with Crippen LogP contribution in [-0.2, 0) is 19.2 Å². The Morgan fingerprint density at radius 2 is 1.68 bits per heavy atom. The summed E-state index contributed by atoms with van der Waals surface area (Å²) < 4.78 is 0. The minimum Gasteiger partial charge on any atom is -0.344 e. The van der Waals surface area contributed by atoms with Gasteiger partial charge in [-0.05, 0) is 6.42 Å². The summed E-state index contributed by atoms with van der Waals surface area (Å²) in [5, 5.41) is 0. The van der Waals surface area contributed by atoms with Crippen LogP contribution in [0.5, 0.6) is 0 Å². The van der Waals surface area contributed by atoms with E-state index in [4.69, 9.17) is 0 Å². The molecule has 0 radical (unpaired) electrons. The van der Waals surface area contributed by atoms with Gasteiger partial charge in [-0.2, -0.15) is 0 Å². The van der Waals surface area contributed by atoms with E-state index in [1.165, 1.54) is 24.0 Å². The summed E-state index contributed by atoms with van der Waals surface area (Å²) in [6, 6.07) is 0. The summed E-state index contributed by atoms with van der Waals surface area (Å²) in [6.45, 7) is 5.16. The van der Waals surface area contributed by atoms with Crippen molar-refractivity contribution in [1.29, 1.82) is 0 Å². The van der Waals surface area contributed by atoms with Gasteiger partial charge >= 0.3 is 0 Å². The Hall–Kier alpha value is -2.18. The van der Waals surface area contributed by atoms with E-state index >= 15 is 0 Å². The molecule has 1 aliphatic heterocycles. The molecule has 0 saturated carbocycles. The second kappa shape index (κ2) is 8.31. The van der Waals surface area contributed by atoms with Crippen LogP contribution in [0.3, 0.4) is 0 Å². The molecule has 0 aromatic carbocycles. The number of carbonyl (C=O) groups excluding carboxylic acids is 4. The van der Waals surface area contributed by atoms with E-state index < -0.39 is 0 Å². The first-order chi connectivity index (χ1) is 10.4. The van der Waals surface area contributed by atoms with E-state index in [1.54, 1.807) is 11.9 Å². The number of imide groups is 1. The van der Waals surface area contributed by atoms with Gasteiger partial charge in [0.2, 0.25) is 11.8 Å². The van der Waals surface area contributed by atoms with Crippen molar-refractivity contribution >= 4 is 23.6 Å². The van der Waals surface area contributed by atoms with Crippen molar-refractivity contribution in [3.63, 3.8) is 0 Å². The number of nitrogens with zero attached hydrogens (tertiary/aromatic N) is 3. The highest BCUT2D eigenvalue weighted by Gasteiger charge is 2.24. The van der Waals surface area contributed by atoms with Gasteiger partial charge in [-0.25, -0.2) is 0 Å². The number of carbonyl (C=O) groups is 4. The van der Waals surface area contributed by atoms with Gasteiger partial charge in [-0.1, -0.05) is 6.92 Å². The maximum absolute atomic E-state index is 12.0. The average Bonchev–Trinajstić information content (AvgIpc) is 2.79. The van der Waals surface area contributed by atoms with Crippen molar-refractivity contribution in [2.45, 2.75) is 26.7 Å². The molecule has 0 spiro atoms. The van der Waals surface area contributed by atoms with Crippen LogP contribution in [0.4, 0.5) is 0 Å². The fraction of sp³-hybridized carbons (Fsp3) is 0.600. The monoisotopic (exact) mass is 309 g/mol. The van der Waals surface area contributed by atoms with Crippen LogP contribution in [0.15, 0.2) is 12.2 Å². The quantitative estimate of drug-likeness (QED) is 0.592. The third kappa shape index (κ3) is 4.98. The molecule has 0 fully saturated rings. The van der Waals surface area contributed by atoms with Gasteiger partial charge < -0.3 is 9.80 Å². The third-order valence-corrected chi connectivity index (χ3v) is 3.52. The topological polar surface area (TPSA) is 78.0 Å². The zero-order valence-corrected chi connectivity index (χ0v) is 13.4. The molecule has 0 N–H and O–H groups in total. The largest absolute Gasteiger partial charge is 0.344 e. The summed E-state index contributed by atoms with van der Waals surface area (Å²) >= 11 is 0. The van der Waals surface area contributed by atoms with Crippen LogP contribution in [0.2, 0.25) is 0 Å². The first-order valence-corrected chi connectivity index (χ1v) is 7.39. The lowest BCUT2D eigenvalue weighted by Gasteiger charge is -2.25. The lowest BCUT2D eigenvalue weighted by atomic mass is 10.3. The smallest absolute Gasteiger partial charge is 0.253 e. The molecular formula is C15H23N3O4. The van der Waals surface area contributed by atoms with E-state index in [0.717, 1.165) is 11.3 Å². The molecule has 1 aliphatic rings. The lowest BCUT2D eigenvalue weighted by Crippen LogP contribution is -2.40. The van der Waals surface area contributed by atoms with Crippen LogP contribution >= 0.6 is 0 Å². The van der Waals surface area contributed by atoms with Crippen LogP contribution in [-0.4, -0.2) is 71.6 Å². The summed E-state index contributed by atoms with van der Waals surface area (Å²) in [4.78, 5) is 50.4. The first-order valence-electron chi connectivity index (χ1n) is 7.39. The van der Waals surface area contributed by atoms with Crippen molar-refractivity contribution in [2.24, 2.45) is 0 Å². The van der Waals surface area contributed by atoms with Gasteiger partial charge in [0.1, 0.15) is 0 Å². The van der Waals surface area contributed by atoms with Gasteiger partial charge in [0.05, 0.1) is 0 Å². The molecule has 0 aromatic rings. The number of hydrogen-bond acceptors (Lipinski definition) is 4. The highest BCUT2D eigenvalue weighted by Crippen LogP contribution is 2.05. The van der Waals surface area contributed by atoms with Gasteiger partial charge in [-0.15, -0.1) is 0 Å². The highest BCUT2D eigenvalue weighted by atomic mass is 16.2. The van der Waals surface area contributed by atoms with Crippen molar-refractivity contribution in [3.05, 3.63) is 12.2 Å². The standard InChI is InChI=1S/C15H23N3O4/c1-4-8-17(12(2)19)11-10-16(3)13(20)7-9-18-14(21)5-6-15(18)22/h5-6H,4,7-11H2,1-3H3. The number of amides is 4. The molecule has 1 rings (SSSR count). The molecule has 7 heteroatoms. The molecule has 22 heavy (non-hydrogen) atoms. The van der Waals surface area contributed by atoms with Crippen LogP contribution in [0, 0.1) is 0 Å². The molecule has 4 amide bonds. The van der Waals surface area contributed by atoms with Gasteiger partial charge in [-0.3, -0.25) is 24.1 Å². The number of rotatable bonds is 8. The van der Waals surface area contributed by atoms with Crippen molar-refractivity contribution in [3.8, 4) is 0 Å². The van der Waals surface area contributed by atoms with Gasteiger partial charge in [0.15, 0.2) is 0 Å². The molecular weight excluding hydrogens is 286 g/mol. The third-order valence-electron chi connectivity index (χ3n) is 3.52. The van der Waals surface area contributed by atoms with Crippen LogP contribution in [0.25, 0.3) is 0 Å². The minimum absolute atomic E-state index is 0.0120. The lowest BCUT2D eigenvalue weighted by molar-refractivity contribution is -0.138. The fourth-order valence-electron chi connectivity index (χ4n) is 2.14. The van der Waals surface area contributed by atoms with Gasteiger partial charge in [0, 0.05) is 58.7 Å². The first kappa shape index (κ1) is 17.9. The SMILES string of the molecule is CCCN(CCN(C)C(=O)CCN1C(=O)C=CC1=O)C(C)=O. The molecule has 122 valence electrons. The molecule has 0 aromatic heterocycles. The van der Waals surface area contributed by atoms with E-state index in [9.17, 15) is 19.2 Å². The molecule has 0 unspecified atom stereocenters.